The van der Waals surface area contributed by atoms with Gasteiger partial charge in [0.25, 0.3) is 0 Å². The van der Waals surface area contributed by atoms with Crippen LogP contribution in [0, 0.1) is 0 Å². The quantitative estimate of drug-likeness (QED) is 0.621. The van der Waals surface area contributed by atoms with E-state index in [1.54, 1.807) is 0 Å². The molecule has 16 heavy (non-hydrogen) atoms. The Kier molecular flexibility index (Phi) is 9.24. The van der Waals surface area contributed by atoms with Crippen LogP contribution < -0.4 is 5.32 Å². The van der Waals surface area contributed by atoms with Crippen LogP contribution in [0.5, 0.6) is 0 Å². The molecule has 0 saturated heterocycles. The van der Waals surface area contributed by atoms with Gasteiger partial charge >= 0.3 is 0 Å². The monoisotopic (exact) mass is 230 g/mol. The van der Waals surface area contributed by atoms with Crippen LogP contribution >= 0.6 is 0 Å². The van der Waals surface area contributed by atoms with Crippen molar-refractivity contribution in [2.24, 2.45) is 0 Å². The summed E-state index contributed by atoms with van der Waals surface area (Å²) in [7, 11) is 0. The van der Waals surface area contributed by atoms with Crippen molar-refractivity contribution >= 4 is 5.91 Å². The number of nitrogens with one attached hydrogen (secondary N) is 1. The molecule has 1 unspecified atom stereocenters. The minimum absolute atomic E-state index is 0.0582. The first-order chi connectivity index (χ1) is 7.63. The number of amides is 1. The second-order valence-electron chi connectivity index (χ2n) is 4.26. The highest BCUT2D eigenvalue weighted by molar-refractivity contribution is 5.78. The molecule has 96 valence electrons. The Balaban J connectivity index is 3.88. The molecule has 0 radical (unpaired) electrons. The summed E-state index contributed by atoms with van der Waals surface area (Å²) in [5, 5.41) is 11.8. The summed E-state index contributed by atoms with van der Waals surface area (Å²) in [6.07, 6.45) is 3.09. The zero-order chi connectivity index (χ0) is 12.4. The standard InChI is InChI=1S/C12H26N2O2/c1-4-6-11(3)13-12(16)10-14(7-5-2)8-9-15/h11,15H,4-10H2,1-3H3,(H,13,16). The van der Waals surface area contributed by atoms with E-state index in [1.165, 1.54) is 0 Å². The summed E-state index contributed by atoms with van der Waals surface area (Å²) in [6.45, 7) is 8.14. The van der Waals surface area contributed by atoms with Gasteiger partial charge in [-0.25, -0.2) is 0 Å². The molecular formula is C12H26N2O2. The Morgan fingerprint density at radius 1 is 1.31 bits per heavy atom. The number of aliphatic hydroxyl groups is 1. The lowest BCUT2D eigenvalue weighted by molar-refractivity contribution is -0.123. The number of rotatable bonds is 9. The lowest BCUT2D eigenvalue weighted by atomic mass is 10.2. The molecule has 0 saturated carbocycles. The van der Waals surface area contributed by atoms with E-state index in [9.17, 15) is 4.79 Å². The molecule has 0 rings (SSSR count). The largest absolute Gasteiger partial charge is 0.395 e. The summed E-state index contributed by atoms with van der Waals surface area (Å²) in [6, 6.07) is 0.245. The predicted octanol–water partition coefficient (Wildman–Crippen LogP) is 0.995. The average Bonchev–Trinajstić information content (AvgIpc) is 2.18. The molecule has 0 aliphatic rings. The average molecular weight is 230 g/mol. The third kappa shape index (κ3) is 7.65. The number of aliphatic hydroxyl groups excluding tert-OH is 1. The fourth-order valence-electron chi connectivity index (χ4n) is 1.76. The molecule has 0 aromatic rings. The first kappa shape index (κ1) is 15.4. The van der Waals surface area contributed by atoms with Crippen LogP contribution in [0.15, 0.2) is 0 Å². The Labute approximate surface area is 99.0 Å². The topological polar surface area (TPSA) is 52.6 Å². The van der Waals surface area contributed by atoms with Gasteiger partial charge in [0, 0.05) is 12.6 Å². The van der Waals surface area contributed by atoms with Crippen molar-refractivity contribution in [1.29, 1.82) is 0 Å². The van der Waals surface area contributed by atoms with Crippen molar-refractivity contribution in [1.82, 2.24) is 10.2 Å². The summed E-state index contributed by atoms with van der Waals surface area (Å²) >= 11 is 0. The van der Waals surface area contributed by atoms with Crippen LogP contribution in [0.3, 0.4) is 0 Å². The number of nitrogens with zero attached hydrogens (tertiary/aromatic N) is 1. The van der Waals surface area contributed by atoms with Crippen LogP contribution in [-0.2, 0) is 4.79 Å². The molecule has 0 aromatic heterocycles. The van der Waals surface area contributed by atoms with Gasteiger partial charge in [-0.3, -0.25) is 9.69 Å². The van der Waals surface area contributed by atoms with E-state index in [0.717, 1.165) is 25.8 Å². The Bertz CT molecular complexity index is 180. The third-order valence-corrected chi connectivity index (χ3v) is 2.45. The van der Waals surface area contributed by atoms with Gasteiger partial charge in [0.2, 0.25) is 5.91 Å². The van der Waals surface area contributed by atoms with Crippen LogP contribution in [0.2, 0.25) is 0 Å². The SMILES string of the molecule is CCCC(C)NC(=O)CN(CCC)CCO. The molecule has 0 fully saturated rings. The molecule has 0 aromatic carbocycles. The second-order valence-corrected chi connectivity index (χ2v) is 4.26. The van der Waals surface area contributed by atoms with E-state index in [4.69, 9.17) is 5.11 Å². The maximum Gasteiger partial charge on any atom is 0.234 e. The molecule has 1 amide bonds. The van der Waals surface area contributed by atoms with Crippen molar-refractivity contribution in [3.63, 3.8) is 0 Å². The molecule has 1 atom stereocenters. The van der Waals surface area contributed by atoms with Gasteiger partial charge in [0.05, 0.1) is 13.2 Å². The third-order valence-electron chi connectivity index (χ3n) is 2.45. The summed E-state index contributed by atoms with van der Waals surface area (Å²) in [5.41, 5.74) is 0. The molecule has 4 heteroatoms. The van der Waals surface area contributed by atoms with E-state index >= 15 is 0 Å². The lowest BCUT2D eigenvalue weighted by Crippen LogP contribution is -2.42. The second kappa shape index (κ2) is 9.60. The van der Waals surface area contributed by atoms with Crippen molar-refractivity contribution in [2.45, 2.75) is 46.1 Å². The fraction of sp³-hybridized carbons (Fsp3) is 0.917. The number of carbonyl (C=O) groups excluding carboxylic acids is 1. The predicted molar refractivity (Wildman–Crippen MR) is 66.3 cm³/mol. The van der Waals surface area contributed by atoms with Crippen molar-refractivity contribution in [3.05, 3.63) is 0 Å². The Morgan fingerprint density at radius 2 is 2.00 bits per heavy atom. The van der Waals surface area contributed by atoms with Gasteiger partial charge in [-0.05, 0) is 26.3 Å². The smallest absolute Gasteiger partial charge is 0.234 e. The molecule has 0 aliphatic carbocycles. The Hall–Kier alpha value is -0.610. The van der Waals surface area contributed by atoms with Gasteiger partial charge in [-0.15, -0.1) is 0 Å². The van der Waals surface area contributed by atoms with Crippen molar-refractivity contribution in [2.75, 3.05) is 26.2 Å². The first-order valence-electron chi connectivity index (χ1n) is 6.26. The molecule has 0 heterocycles. The van der Waals surface area contributed by atoms with Crippen LogP contribution in [0.1, 0.15) is 40.0 Å². The van der Waals surface area contributed by atoms with Crippen LogP contribution in [0.4, 0.5) is 0 Å². The first-order valence-corrected chi connectivity index (χ1v) is 6.26. The highest BCUT2D eigenvalue weighted by atomic mass is 16.3. The summed E-state index contributed by atoms with van der Waals surface area (Å²) in [4.78, 5) is 13.6. The van der Waals surface area contributed by atoms with Crippen LogP contribution in [-0.4, -0.2) is 48.2 Å². The van der Waals surface area contributed by atoms with Gasteiger partial charge in [-0.1, -0.05) is 20.3 Å². The summed E-state index contributed by atoms with van der Waals surface area (Å²) in [5.74, 6) is 0.0582. The van der Waals surface area contributed by atoms with E-state index in [0.29, 0.717) is 13.1 Å². The minimum atomic E-state index is 0.0582. The highest BCUT2D eigenvalue weighted by Crippen LogP contribution is 1.96. The molecule has 0 spiro atoms. The maximum absolute atomic E-state index is 11.7. The van der Waals surface area contributed by atoms with Gasteiger partial charge in [-0.2, -0.15) is 0 Å². The van der Waals surface area contributed by atoms with Crippen LogP contribution in [0.25, 0.3) is 0 Å². The van der Waals surface area contributed by atoms with Gasteiger partial charge in [0.15, 0.2) is 0 Å². The molecule has 4 nitrogen and oxygen atoms in total. The lowest BCUT2D eigenvalue weighted by Gasteiger charge is -2.21. The molecular weight excluding hydrogens is 204 g/mol. The van der Waals surface area contributed by atoms with Gasteiger partial charge in [0.1, 0.15) is 0 Å². The molecule has 2 N–H and O–H groups in total. The van der Waals surface area contributed by atoms with E-state index in [2.05, 4.69) is 19.2 Å². The molecule has 0 aliphatic heterocycles. The number of carbonyl (C=O) groups is 1. The minimum Gasteiger partial charge on any atom is -0.395 e. The van der Waals surface area contributed by atoms with Crippen molar-refractivity contribution in [3.8, 4) is 0 Å². The van der Waals surface area contributed by atoms with E-state index < -0.39 is 0 Å². The van der Waals surface area contributed by atoms with E-state index in [-0.39, 0.29) is 18.6 Å². The van der Waals surface area contributed by atoms with E-state index in [1.807, 2.05) is 11.8 Å². The number of hydrogen-bond donors (Lipinski definition) is 2. The maximum atomic E-state index is 11.7. The normalized spacial score (nSPS) is 12.8. The Morgan fingerprint density at radius 3 is 2.50 bits per heavy atom. The fourth-order valence-corrected chi connectivity index (χ4v) is 1.76. The van der Waals surface area contributed by atoms with Gasteiger partial charge < -0.3 is 10.4 Å². The summed E-state index contributed by atoms with van der Waals surface area (Å²) < 4.78 is 0. The zero-order valence-corrected chi connectivity index (χ0v) is 10.8. The van der Waals surface area contributed by atoms with Crippen molar-refractivity contribution < 1.29 is 9.90 Å². The molecule has 0 bridgehead atoms. The zero-order valence-electron chi connectivity index (χ0n) is 10.8. The number of hydrogen-bond acceptors (Lipinski definition) is 3. The highest BCUT2D eigenvalue weighted by Gasteiger charge is 2.11.